The van der Waals surface area contributed by atoms with Crippen molar-refractivity contribution in [2.45, 2.75) is 4.87 Å². The lowest BCUT2D eigenvalue weighted by Gasteiger charge is -2.30. The van der Waals surface area contributed by atoms with Crippen LogP contribution >= 0.6 is 11.8 Å². The third-order valence-electron chi connectivity index (χ3n) is 5.09. The van der Waals surface area contributed by atoms with Crippen LogP contribution in [-0.2, 0) is 21.5 Å². The molecule has 1 unspecified atom stereocenters. The summed E-state index contributed by atoms with van der Waals surface area (Å²) in [6.07, 6.45) is 1.61. The van der Waals surface area contributed by atoms with Gasteiger partial charge in [-0.2, -0.15) is 0 Å². The van der Waals surface area contributed by atoms with Crippen molar-refractivity contribution in [1.82, 2.24) is 9.36 Å². The fourth-order valence-electron chi connectivity index (χ4n) is 3.92. The van der Waals surface area contributed by atoms with Crippen LogP contribution in [0.3, 0.4) is 0 Å². The second-order valence-corrected chi connectivity index (χ2v) is 7.87. The molecular formula is C20H16N4O3S. The maximum atomic E-state index is 13.3. The van der Waals surface area contributed by atoms with Crippen molar-refractivity contribution in [3.63, 3.8) is 0 Å². The Kier molecular flexibility index (Phi) is 3.54. The molecular weight excluding hydrogens is 376 g/mol. The standard InChI is InChI=1S/C20H16N4O3S/c1-22-11-16(18(26)24(22)13-7-3-2-4-8-13)23-17(25)12-28-20(23)14-9-5-6-10-15(14)21-19(20)27/h2-11H,12H2,1H3,(H,21,27). The van der Waals surface area contributed by atoms with Crippen molar-refractivity contribution in [1.29, 1.82) is 0 Å². The zero-order valence-electron chi connectivity index (χ0n) is 15.0. The lowest BCUT2D eigenvalue weighted by Crippen LogP contribution is -2.48. The quantitative estimate of drug-likeness (QED) is 0.724. The topological polar surface area (TPSA) is 76.3 Å². The molecule has 140 valence electrons. The Morgan fingerprint density at radius 2 is 1.71 bits per heavy atom. The van der Waals surface area contributed by atoms with Crippen molar-refractivity contribution < 1.29 is 9.59 Å². The number of carbonyl (C=O) groups excluding carboxylic acids is 2. The summed E-state index contributed by atoms with van der Waals surface area (Å²) in [6, 6.07) is 16.5. The van der Waals surface area contributed by atoms with E-state index < -0.39 is 4.87 Å². The summed E-state index contributed by atoms with van der Waals surface area (Å²) in [5.74, 6) is -0.444. The molecule has 3 aromatic rings. The second-order valence-electron chi connectivity index (χ2n) is 6.70. The normalized spacial score (nSPS) is 20.7. The molecule has 1 N–H and O–H groups in total. The smallest absolute Gasteiger partial charge is 0.295 e. The molecule has 28 heavy (non-hydrogen) atoms. The number of aromatic nitrogens is 2. The fourth-order valence-corrected chi connectivity index (χ4v) is 5.23. The van der Waals surface area contributed by atoms with Gasteiger partial charge in [-0.1, -0.05) is 36.4 Å². The molecule has 0 radical (unpaired) electrons. The first-order valence-electron chi connectivity index (χ1n) is 8.76. The Morgan fingerprint density at radius 3 is 2.50 bits per heavy atom. The Bertz CT molecular complexity index is 1180. The highest BCUT2D eigenvalue weighted by Crippen LogP contribution is 2.53. The molecule has 1 saturated heterocycles. The third kappa shape index (κ3) is 2.09. The van der Waals surface area contributed by atoms with Crippen LogP contribution < -0.4 is 15.8 Å². The lowest BCUT2D eigenvalue weighted by atomic mass is 10.1. The van der Waals surface area contributed by atoms with Gasteiger partial charge in [-0.15, -0.1) is 11.8 Å². The van der Waals surface area contributed by atoms with Crippen molar-refractivity contribution >= 4 is 35.0 Å². The van der Waals surface area contributed by atoms with E-state index in [1.807, 2.05) is 48.5 Å². The fraction of sp³-hybridized carbons (Fsp3) is 0.150. The van der Waals surface area contributed by atoms with Crippen LogP contribution in [0.5, 0.6) is 0 Å². The minimum Gasteiger partial charge on any atom is -0.323 e. The molecule has 1 atom stereocenters. The number of anilines is 2. The van der Waals surface area contributed by atoms with Crippen LogP contribution in [0, 0.1) is 0 Å². The number of fused-ring (bicyclic) bond motifs is 2. The minimum atomic E-state index is -1.26. The Hall–Kier alpha value is -3.26. The molecule has 5 rings (SSSR count). The third-order valence-corrected chi connectivity index (χ3v) is 6.49. The number of hydrogen-bond acceptors (Lipinski definition) is 4. The molecule has 0 aliphatic carbocycles. The van der Waals surface area contributed by atoms with E-state index in [1.54, 1.807) is 24.0 Å². The van der Waals surface area contributed by atoms with Crippen LogP contribution in [0.4, 0.5) is 11.4 Å². The summed E-state index contributed by atoms with van der Waals surface area (Å²) in [7, 11) is 1.74. The van der Waals surface area contributed by atoms with Gasteiger partial charge < -0.3 is 5.32 Å². The van der Waals surface area contributed by atoms with Gasteiger partial charge in [-0.05, 0) is 18.2 Å². The number of thioether (sulfide) groups is 1. The van der Waals surface area contributed by atoms with E-state index in [4.69, 9.17) is 0 Å². The first-order valence-corrected chi connectivity index (χ1v) is 9.74. The van der Waals surface area contributed by atoms with E-state index in [0.29, 0.717) is 16.9 Å². The van der Waals surface area contributed by atoms with Gasteiger partial charge in [0.25, 0.3) is 11.5 Å². The monoisotopic (exact) mass is 392 g/mol. The Morgan fingerprint density at radius 1 is 1.00 bits per heavy atom. The van der Waals surface area contributed by atoms with Gasteiger partial charge in [0.1, 0.15) is 5.69 Å². The summed E-state index contributed by atoms with van der Waals surface area (Å²) in [6.45, 7) is 0. The Labute approximate surface area is 164 Å². The number of amides is 2. The molecule has 1 aromatic heterocycles. The molecule has 2 amide bonds. The Balaban J connectivity index is 1.73. The summed E-state index contributed by atoms with van der Waals surface area (Å²) in [4.78, 5) is 39.3. The first-order chi connectivity index (χ1) is 13.5. The molecule has 0 bridgehead atoms. The molecule has 3 heterocycles. The number of nitrogens with one attached hydrogen (secondary N) is 1. The highest BCUT2D eigenvalue weighted by atomic mass is 32.2. The zero-order valence-corrected chi connectivity index (χ0v) is 15.8. The van der Waals surface area contributed by atoms with E-state index in [1.165, 1.54) is 21.3 Å². The van der Waals surface area contributed by atoms with Crippen LogP contribution in [0.15, 0.2) is 65.6 Å². The molecule has 1 fully saturated rings. The second kappa shape index (κ2) is 5.87. The molecule has 1 spiro atoms. The summed E-state index contributed by atoms with van der Waals surface area (Å²) in [5.41, 5.74) is 1.89. The molecule has 2 aliphatic rings. The number of nitrogens with zero attached hydrogens (tertiary/aromatic N) is 3. The largest absolute Gasteiger partial charge is 0.323 e. The van der Waals surface area contributed by atoms with Gasteiger partial charge in [-0.25, -0.2) is 4.68 Å². The summed E-state index contributed by atoms with van der Waals surface area (Å²) in [5, 5.41) is 2.85. The predicted molar refractivity (Wildman–Crippen MR) is 108 cm³/mol. The molecule has 7 nitrogen and oxygen atoms in total. The van der Waals surface area contributed by atoms with Gasteiger partial charge in [-0.3, -0.25) is 24.0 Å². The molecule has 2 aromatic carbocycles. The van der Waals surface area contributed by atoms with Gasteiger partial charge in [0, 0.05) is 18.3 Å². The van der Waals surface area contributed by atoms with Gasteiger partial charge in [0.15, 0.2) is 0 Å². The minimum absolute atomic E-state index is 0.126. The van der Waals surface area contributed by atoms with Crippen LogP contribution in [-0.4, -0.2) is 26.9 Å². The number of carbonyl (C=O) groups is 2. The van der Waals surface area contributed by atoms with Crippen LogP contribution in [0.1, 0.15) is 5.56 Å². The van der Waals surface area contributed by atoms with E-state index in [9.17, 15) is 14.4 Å². The van der Waals surface area contributed by atoms with E-state index in [2.05, 4.69) is 5.32 Å². The maximum Gasteiger partial charge on any atom is 0.295 e. The van der Waals surface area contributed by atoms with Gasteiger partial charge in [0.2, 0.25) is 10.8 Å². The number of benzene rings is 2. The predicted octanol–water partition coefficient (Wildman–Crippen LogP) is 2.06. The first kappa shape index (κ1) is 16.9. The summed E-state index contributed by atoms with van der Waals surface area (Å²) >= 11 is 1.24. The highest BCUT2D eigenvalue weighted by Gasteiger charge is 2.59. The zero-order chi connectivity index (χ0) is 19.5. The number of aryl methyl sites for hydroxylation is 1. The molecule has 2 aliphatic heterocycles. The molecule has 8 heteroatoms. The summed E-state index contributed by atoms with van der Waals surface area (Å²) < 4.78 is 3.12. The lowest BCUT2D eigenvalue weighted by molar-refractivity contribution is -0.122. The van der Waals surface area contributed by atoms with Gasteiger partial charge in [0.05, 0.1) is 17.6 Å². The van der Waals surface area contributed by atoms with Crippen LogP contribution in [0.25, 0.3) is 5.69 Å². The number of rotatable bonds is 2. The van der Waals surface area contributed by atoms with Crippen molar-refractivity contribution in [2.75, 3.05) is 16.0 Å². The van der Waals surface area contributed by atoms with Crippen molar-refractivity contribution in [2.24, 2.45) is 7.05 Å². The van der Waals surface area contributed by atoms with E-state index >= 15 is 0 Å². The van der Waals surface area contributed by atoms with Crippen molar-refractivity contribution in [3.8, 4) is 5.69 Å². The maximum absolute atomic E-state index is 13.3. The van der Waals surface area contributed by atoms with E-state index in [0.717, 1.165) is 0 Å². The van der Waals surface area contributed by atoms with Crippen molar-refractivity contribution in [3.05, 3.63) is 76.7 Å². The average molecular weight is 392 g/mol. The highest BCUT2D eigenvalue weighted by molar-refractivity contribution is 8.02. The van der Waals surface area contributed by atoms with Gasteiger partial charge >= 0.3 is 0 Å². The SMILES string of the molecule is Cn1cc(N2C(=O)CSC23C(=O)Nc2ccccc23)c(=O)n1-c1ccccc1. The number of hydrogen-bond donors (Lipinski definition) is 1. The number of para-hydroxylation sites is 2. The molecule has 0 saturated carbocycles. The van der Waals surface area contributed by atoms with E-state index in [-0.39, 0.29) is 28.8 Å². The van der Waals surface area contributed by atoms with Crippen LogP contribution in [0.2, 0.25) is 0 Å². The average Bonchev–Trinajstić information content (AvgIpc) is 3.29.